The lowest BCUT2D eigenvalue weighted by atomic mass is 10.1. The molecular formula is C20H35N9O6S. The summed E-state index contributed by atoms with van der Waals surface area (Å²) in [6, 6.07) is -4.68. The molecule has 202 valence electrons. The summed E-state index contributed by atoms with van der Waals surface area (Å²) in [5, 5.41) is 25.7. The SMILES string of the molecule is CSCCC(NC(=O)C(Cc1cnc[nH]1)NC(=O)C(N)CCCN=C(N)N)C(=O)NC(CO)C(=O)O. The summed E-state index contributed by atoms with van der Waals surface area (Å²) < 4.78 is 0. The first-order chi connectivity index (χ1) is 17.1. The van der Waals surface area contributed by atoms with E-state index in [1.165, 1.54) is 24.3 Å². The summed E-state index contributed by atoms with van der Waals surface area (Å²) in [4.78, 5) is 60.2. The van der Waals surface area contributed by atoms with E-state index in [9.17, 15) is 24.3 Å². The number of aliphatic carboxylic acids is 1. The molecule has 0 fully saturated rings. The molecule has 0 saturated heterocycles. The number of carboxylic acids is 1. The molecule has 0 saturated carbocycles. The third-order valence-electron chi connectivity index (χ3n) is 4.96. The van der Waals surface area contributed by atoms with Crippen LogP contribution in [0.5, 0.6) is 0 Å². The number of nitrogens with zero attached hydrogens (tertiary/aromatic N) is 2. The van der Waals surface area contributed by atoms with Gasteiger partial charge in [-0.05, 0) is 31.3 Å². The van der Waals surface area contributed by atoms with Crippen molar-refractivity contribution in [3.63, 3.8) is 0 Å². The third-order valence-corrected chi connectivity index (χ3v) is 5.60. The number of aliphatic hydroxyl groups excluding tert-OH is 1. The molecule has 0 aliphatic carbocycles. The molecule has 0 spiro atoms. The van der Waals surface area contributed by atoms with Crippen molar-refractivity contribution in [2.24, 2.45) is 22.2 Å². The second-order valence-electron chi connectivity index (χ2n) is 7.82. The summed E-state index contributed by atoms with van der Waals surface area (Å²) in [6.07, 6.45) is 5.62. The molecule has 0 aliphatic heterocycles. The number of amides is 3. The number of hydrogen-bond donors (Lipinski definition) is 9. The van der Waals surface area contributed by atoms with E-state index >= 15 is 0 Å². The second kappa shape index (κ2) is 16.3. The van der Waals surface area contributed by atoms with Gasteiger partial charge in [-0.3, -0.25) is 19.4 Å². The van der Waals surface area contributed by atoms with E-state index in [0.717, 1.165) is 0 Å². The van der Waals surface area contributed by atoms with Crippen LogP contribution in [0.2, 0.25) is 0 Å². The van der Waals surface area contributed by atoms with Gasteiger partial charge in [-0.2, -0.15) is 11.8 Å². The minimum atomic E-state index is -1.52. The first kappa shape index (κ1) is 30.7. The Morgan fingerprint density at radius 3 is 2.28 bits per heavy atom. The topological polar surface area (TPSA) is 264 Å². The number of H-pyrrole nitrogens is 1. The summed E-state index contributed by atoms with van der Waals surface area (Å²) >= 11 is 1.42. The Morgan fingerprint density at radius 2 is 1.72 bits per heavy atom. The molecule has 12 N–H and O–H groups in total. The molecule has 0 aliphatic rings. The van der Waals surface area contributed by atoms with E-state index < -0.39 is 54.5 Å². The van der Waals surface area contributed by atoms with Gasteiger partial charge in [-0.15, -0.1) is 0 Å². The molecule has 1 aromatic rings. The van der Waals surface area contributed by atoms with Crippen LogP contribution in [0.1, 0.15) is 25.0 Å². The van der Waals surface area contributed by atoms with Crippen LogP contribution in [0.25, 0.3) is 0 Å². The molecule has 4 atom stereocenters. The highest BCUT2D eigenvalue weighted by atomic mass is 32.2. The van der Waals surface area contributed by atoms with E-state index in [1.807, 2.05) is 0 Å². The minimum absolute atomic E-state index is 0.0313. The van der Waals surface area contributed by atoms with E-state index in [0.29, 0.717) is 24.4 Å². The Kier molecular flexibility index (Phi) is 13.9. The molecule has 15 nitrogen and oxygen atoms in total. The maximum absolute atomic E-state index is 13.1. The zero-order valence-corrected chi connectivity index (χ0v) is 20.8. The van der Waals surface area contributed by atoms with Crippen LogP contribution in [0.3, 0.4) is 0 Å². The standard InChI is InChI=1S/C20H35N9O6S/c1-36-6-4-13(17(32)29-15(9-30)19(34)35)27-18(33)14(7-11-8-24-10-26-11)28-16(31)12(21)3-2-5-25-20(22)23/h8,10,12-15,30H,2-7,9,21H2,1H3,(H,24,26)(H,27,33)(H,28,31)(H,29,32)(H,34,35)(H4,22,23,25). The Balaban J connectivity index is 2.93. The Labute approximate surface area is 212 Å². The number of rotatable bonds is 17. The number of carboxylic acid groups (broad SMARTS) is 1. The summed E-state index contributed by atoms with van der Waals surface area (Å²) in [5.41, 5.74) is 17.0. The molecule has 0 aromatic carbocycles. The quantitative estimate of drug-likeness (QED) is 0.0545. The predicted molar refractivity (Wildman–Crippen MR) is 134 cm³/mol. The summed E-state index contributed by atoms with van der Waals surface area (Å²) in [5.74, 6) is -3.05. The van der Waals surface area contributed by atoms with Gasteiger partial charge in [-0.1, -0.05) is 0 Å². The second-order valence-corrected chi connectivity index (χ2v) is 8.81. The van der Waals surface area contributed by atoms with Crippen molar-refractivity contribution in [1.29, 1.82) is 0 Å². The Morgan fingerprint density at radius 1 is 1.08 bits per heavy atom. The number of guanidine groups is 1. The molecule has 0 bridgehead atoms. The zero-order valence-electron chi connectivity index (χ0n) is 20.0. The molecule has 1 rings (SSSR count). The van der Waals surface area contributed by atoms with E-state index in [1.54, 1.807) is 6.26 Å². The highest BCUT2D eigenvalue weighted by Gasteiger charge is 2.30. The lowest BCUT2D eigenvalue weighted by Gasteiger charge is -2.24. The van der Waals surface area contributed by atoms with E-state index in [4.69, 9.17) is 22.3 Å². The predicted octanol–water partition coefficient (Wildman–Crippen LogP) is -3.38. The van der Waals surface area contributed by atoms with Gasteiger partial charge in [0.2, 0.25) is 17.7 Å². The lowest BCUT2D eigenvalue weighted by Crippen LogP contribution is -2.58. The van der Waals surface area contributed by atoms with Crippen LogP contribution in [0.15, 0.2) is 17.5 Å². The normalized spacial score (nSPS) is 14.1. The van der Waals surface area contributed by atoms with Gasteiger partial charge in [0.1, 0.15) is 18.1 Å². The Hall–Kier alpha value is -3.37. The first-order valence-electron chi connectivity index (χ1n) is 11.1. The van der Waals surface area contributed by atoms with Crippen molar-refractivity contribution in [3.05, 3.63) is 18.2 Å². The fraction of sp³-hybridized carbons (Fsp3) is 0.600. The number of nitrogens with one attached hydrogen (secondary N) is 4. The van der Waals surface area contributed by atoms with E-state index in [-0.39, 0.29) is 25.2 Å². The van der Waals surface area contributed by atoms with Gasteiger partial charge >= 0.3 is 5.97 Å². The average Bonchev–Trinajstić information content (AvgIpc) is 3.34. The van der Waals surface area contributed by atoms with Crippen molar-refractivity contribution < 1.29 is 29.4 Å². The maximum atomic E-state index is 13.1. The molecule has 3 amide bonds. The molecule has 16 heteroatoms. The highest BCUT2D eigenvalue weighted by Crippen LogP contribution is 2.06. The number of thioether (sulfide) groups is 1. The minimum Gasteiger partial charge on any atom is -0.480 e. The van der Waals surface area contributed by atoms with Crippen LogP contribution in [-0.2, 0) is 25.6 Å². The maximum Gasteiger partial charge on any atom is 0.328 e. The molecule has 1 aromatic heterocycles. The van der Waals surface area contributed by atoms with Gasteiger partial charge in [0, 0.05) is 24.9 Å². The number of hydrogen-bond acceptors (Lipinski definition) is 9. The van der Waals surface area contributed by atoms with Gasteiger partial charge in [-0.25, -0.2) is 9.78 Å². The van der Waals surface area contributed by atoms with Crippen molar-refractivity contribution in [2.45, 2.75) is 49.9 Å². The van der Waals surface area contributed by atoms with Crippen LogP contribution in [0.4, 0.5) is 0 Å². The molecule has 1 heterocycles. The molecule has 0 radical (unpaired) electrons. The van der Waals surface area contributed by atoms with Crippen LogP contribution in [-0.4, -0.2) is 99.2 Å². The summed E-state index contributed by atoms with van der Waals surface area (Å²) in [7, 11) is 0. The highest BCUT2D eigenvalue weighted by molar-refractivity contribution is 7.98. The van der Waals surface area contributed by atoms with Crippen molar-refractivity contribution in [1.82, 2.24) is 25.9 Å². The van der Waals surface area contributed by atoms with Crippen molar-refractivity contribution in [3.8, 4) is 0 Å². The van der Waals surface area contributed by atoms with Gasteiger partial charge < -0.3 is 48.3 Å². The third kappa shape index (κ3) is 11.4. The number of nitrogens with two attached hydrogens (primary N) is 3. The average molecular weight is 530 g/mol. The fourth-order valence-electron chi connectivity index (χ4n) is 2.99. The number of aromatic nitrogens is 2. The Bertz CT molecular complexity index is 879. The number of carbonyl (C=O) groups is 4. The number of aliphatic hydroxyl groups is 1. The number of aromatic amines is 1. The largest absolute Gasteiger partial charge is 0.480 e. The van der Waals surface area contributed by atoms with E-state index in [2.05, 4.69) is 30.9 Å². The number of carbonyl (C=O) groups excluding carboxylic acids is 3. The number of aliphatic imine (C=N–C) groups is 1. The molecule has 36 heavy (non-hydrogen) atoms. The van der Waals surface area contributed by atoms with Gasteiger partial charge in [0.25, 0.3) is 0 Å². The molecule has 4 unspecified atom stereocenters. The van der Waals surface area contributed by atoms with Crippen LogP contribution >= 0.6 is 11.8 Å². The van der Waals surface area contributed by atoms with Crippen molar-refractivity contribution >= 4 is 41.4 Å². The fourth-order valence-corrected chi connectivity index (χ4v) is 3.46. The zero-order chi connectivity index (χ0) is 27.1. The molecular weight excluding hydrogens is 494 g/mol. The lowest BCUT2D eigenvalue weighted by molar-refractivity contribution is -0.143. The summed E-state index contributed by atoms with van der Waals surface area (Å²) in [6.45, 7) is -0.525. The van der Waals surface area contributed by atoms with Crippen LogP contribution in [0, 0.1) is 0 Å². The van der Waals surface area contributed by atoms with Crippen molar-refractivity contribution in [2.75, 3.05) is 25.2 Å². The number of imidazole rings is 1. The van der Waals surface area contributed by atoms with Gasteiger partial charge in [0.15, 0.2) is 5.96 Å². The first-order valence-corrected chi connectivity index (χ1v) is 12.5. The monoisotopic (exact) mass is 529 g/mol. The van der Waals surface area contributed by atoms with Crippen LogP contribution < -0.4 is 33.2 Å². The smallest absolute Gasteiger partial charge is 0.328 e. The van der Waals surface area contributed by atoms with Gasteiger partial charge in [0.05, 0.1) is 19.0 Å².